The highest BCUT2D eigenvalue weighted by molar-refractivity contribution is 5.72. The summed E-state index contributed by atoms with van der Waals surface area (Å²) in [5, 5.41) is 6.78. The molecule has 1 aliphatic carbocycles. The third-order valence-electron chi connectivity index (χ3n) is 3.93. The first-order chi connectivity index (χ1) is 11.8. The van der Waals surface area contributed by atoms with E-state index in [1.54, 1.807) is 0 Å². The molecular weight excluding hydrogens is 337 g/mol. The van der Waals surface area contributed by atoms with Crippen LogP contribution in [0, 0.1) is 0 Å². The summed E-state index contributed by atoms with van der Waals surface area (Å²) in [4.78, 5) is 23.5. The maximum atomic E-state index is 12.9. The number of aromatic nitrogens is 3. The van der Waals surface area contributed by atoms with E-state index in [-0.39, 0.29) is 42.1 Å². The minimum atomic E-state index is -4.46. The van der Waals surface area contributed by atoms with Crippen molar-refractivity contribution in [1.82, 2.24) is 19.7 Å². The number of alkyl halides is 3. The van der Waals surface area contributed by atoms with Crippen molar-refractivity contribution < 1.29 is 18.0 Å². The fraction of sp³-hybridized carbons (Fsp3) is 0.438. The molecule has 0 bridgehead atoms. The molecule has 1 N–H and O–H groups in total. The zero-order chi connectivity index (χ0) is 18.2. The summed E-state index contributed by atoms with van der Waals surface area (Å²) in [6.07, 6.45) is -2.87. The van der Waals surface area contributed by atoms with Crippen LogP contribution in [0.4, 0.5) is 13.2 Å². The average molecular weight is 354 g/mol. The largest absolute Gasteiger partial charge is 0.416 e. The molecule has 2 aromatic rings. The number of amides is 1. The van der Waals surface area contributed by atoms with Gasteiger partial charge < -0.3 is 5.32 Å². The minimum absolute atomic E-state index is 0.0356. The Balaban J connectivity index is 1.98. The van der Waals surface area contributed by atoms with E-state index >= 15 is 0 Å². The van der Waals surface area contributed by atoms with Crippen LogP contribution in [0.25, 0.3) is 11.4 Å². The van der Waals surface area contributed by atoms with E-state index in [1.165, 1.54) is 28.3 Å². The number of hydrogen-bond donors (Lipinski definition) is 1. The van der Waals surface area contributed by atoms with Crippen molar-refractivity contribution in [3.05, 3.63) is 40.3 Å². The zero-order valence-electron chi connectivity index (χ0n) is 13.5. The Kier molecular flexibility index (Phi) is 4.40. The number of benzene rings is 1. The number of carbonyl (C=O) groups is 1. The van der Waals surface area contributed by atoms with Crippen molar-refractivity contribution in [1.29, 1.82) is 0 Å². The Bertz CT molecular complexity index is 850. The lowest BCUT2D eigenvalue weighted by molar-refractivity contribution is -0.137. The Hall–Kier alpha value is -2.58. The van der Waals surface area contributed by atoms with Gasteiger partial charge in [0.15, 0.2) is 5.82 Å². The van der Waals surface area contributed by atoms with Crippen molar-refractivity contribution in [3.63, 3.8) is 0 Å². The summed E-state index contributed by atoms with van der Waals surface area (Å²) in [6.45, 7) is 1.74. The second kappa shape index (κ2) is 6.38. The smallest absolute Gasteiger partial charge is 0.354 e. The molecule has 6 nitrogen and oxygen atoms in total. The van der Waals surface area contributed by atoms with Crippen LogP contribution in [0.1, 0.15) is 31.4 Å². The molecule has 3 rings (SSSR count). The summed E-state index contributed by atoms with van der Waals surface area (Å²) >= 11 is 0. The van der Waals surface area contributed by atoms with E-state index in [0.29, 0.717) is 0 Å². The van der Waals surface area contributed by atoms with Gasteiger partial charge in [0.05, 0.1) is 12.1 Å². The first kappa shape index (κ1) is 17.2. The Morgan fingerprint density at radius 3 is 2.68 bits per heavy atom. The predicted molar refractivity (Wildman–Crippen MR) is 83.9 cm³/mol. The lowest BCUT2D eigenvalue weighted by Crippen LogP contribution is -2.31. The van der Waals surface area contributed by atoms with Crippen LogP contribution in [0.2, 0.25) is 0 Å². The van der Waals surface area contributed by atoms with E-state index in [0.717, 1.165) is 25.0 Å². The quantitative estimate of drug-likeness (QED) is 0.895. The Morgan fingerprint density at radius 2 is 2.08 bits per heavy atom. The van der Waals surface area contributed by atoms with Crippen LogP contribution < -0.4 is 11.0 Å². The van der Waals surface area contributed by atoms with Gasteiger partial charge in [0.2, 0.25) is 5.91 Å². The van der Waals surface area contributed by atoms with Gasteiger partial charge in [-0.25, -0.2) is 9.48 Å². The van der Waals surface area contributed by atoms with Gasteiger partial charge in [-0.2, -0.15) is 13.2 Å². The molecule has 9 heteroatoms. The number of hydrogen-bond acceptors (Lipinski definition) is 3. The van der Waals surface area contributed by atoms with Gasteiger partial charge in [-0.1, -0.05) is 12.1 Å². The second-order valence-corrected chi connectivity index (χ2v) is 5.99. The number of nitrogens with one attached hydrogen (secondary N) is 1. The number of rotatable bonds is 5. The third kappa shape index (κ3) is 3.75. The number of halogens is 3. The third-order valence-corrected chi connectivity index (χ3v) is 3.93. The summed E-state index contributed by atoms with van der Waals surface area (Å²) in [6, 6.07) is 4.76. The lowest BCUT2D eigenvalue weighted by Gasteiger charge is -2.09. The summed E-state index contributed by atoms with van der Waals surface area (Å²) in [5.74, 6) is -0.00537. The van der Waals surface area contributed by atoms with E-state index < -0.39 is 11.7 Å². The Morgan fingerprint density at radius 1 is 1.36 bits per heavy atom. The van der Waals surface area contributed by atoms with Crippen molar-refractivity contribution in [2.75, 3.05) is 6.54 Å². The molecule has 1 aromatic heterocycles. The van der Waals surface area contributed by atoms with Crippen LogP contribution in [0.5, 0.6) is 0 Å². The first-order valence-corrected chi connectivity index (χ1v) is 7.89. The maximum Gasteiger partial charge on any atom is 0.416 e. The first-order valence-electron chi connectivity index (χ1n) is 7.89. The zero-order valence-corrected chi connectivity index (χ0v) is 13.5. The van der Waals surface area contributed by atoms with Crippen LogP contribution in [0.3, 0.4) is 0 Å². The topological polar surface area (TPSA) is 68.9 Å². The van der Waals surface area contributed by atoms with Gasteiger partial charge in [0.25, 0.3) is 0 Å². The predicted octanol–water partition coefficient (Wildman–Crippen LogP) is 2.20. The molecule has 134 valence electrons. The fourth-order valence-electron chi connectivity index (χ4n) is 2.60. The van der Waals surface area contributed by atoms with E-state index in [1.807, 2.05) is 0 Å². The van der Waals surface area contributed by atoms with Crippen LogP contribution in [-0.4, -0.2) is 26.8 Å². The highest BCUT2D eigenvalue weighted by atomic mass is 19.4. The maximum absolute atomic E-state index is 12.9. The van der Waals surface area contributed by atoms with Crippen LogP contribution in [0.15, 0.2) is 29.1 Å². The van der Waals surface area contributed by atoms with Crippen LogP contribution >= 0.6 is 0 Å². The molecule has 1 saturated carbocycles. The molecule has 1 heterocycles. The van der Waals surface area contributed by atoms with E-state index in [9.17, 15) is 22.8 Å². The molecule has 0 spiro atoms. The highest BCUT2D eigenvalue weighted by Crippen LogP contribution is 2.37. The fourth-order valence-corrected chi connectivity index (χ4v) is 2.60. The normalized spacial score (nSPS) is 14.6. The van der Waals surface area contributed by atoms with E-state index in [4.69, 9.17) is 0 Å². The second-order valence-electron chi connectivity index (χ2n) is 5.99. The summed E-state index contributed by atoms with van der Waals surface area (Å²) in [7, 11) is 0. The molecular formula is C16H17F3N4O2. The standard InChI is InChI=1S/C16H17F3N4O2/c1-10(24)20-7-8-22-15(25)23(13-5-6-13)14(21-22)11-3-2-4-12(9-11)16(17,18)19/h2-4,9,13H,5-8H2,1H3,(H,20,24). The van der Waals surface area contributed by atoms with Gasteiger partial charge in [-0.3, -0.25) is 9.36 Å². The SMILES string of the molecule is CC(=O)NCCn1nc(-c2cccc(C(F)(F)F)c2)n(C2CC2)c1=O. The van der Waals surface area contributed by atoms with Gasteiger partial charge in [-0.05, 0) is 25.0 Å². The van der Waals surface area contributed by atoms with Crippen molar-refractivity contribution >= 4 is 5.91 Å². The highest BCUT2D eigenvalue weighted by Gasteiger charge is 2.33. The van der Waals surface area contributed by atoms with E-state index in [2.05, 4.69) is 10.4 Å². The minimum Gasteiger partial charge on any atom is -0.354 e. The average Bonchev–Trinajstić information content (AvgIpc) is 3.31. The van der Waals surface area contributed by atoms with Crippen LogP contribution in [-0.2, 0) is 17.5 Å². The molecule has 0 unspecified atom stereocenters. The molecule has 1 aromatic carbocycles. The van der Waals surface area contributed by atoms with Crippen molar-refractivity contribution in [3.8, 4) is 11.4 Å². The molecule has 1 amide bonds. The number of nitrogens with zero attached hydrogens (tertiary/aromatic N) is 3. The monoisotopic (exact) mass is 354 g/mol. The van der Waals surface area contributed by atoms with Gasteiger partial charge in [-0.15, -0.1) is 5.10 Å². The van der Waals surface area contributed by atoms with Crippen molar-refractivity contribution in [2.45, 2.75) is 38.5 Å². The molecule has 0 aliphatic heterocycles. The van der Waals surface area contributed by atoms with Gasteiger partial charge >= 0.3 is 11.9 Å². The van der Waals surface area contributed by atoms with Crippen molar-refractivity contribution in [2.24, 2.45) is 0 Å². The van der Waals surface area contributed by atoms with Gasteiger partial charge in [0, 0.05) is 25.1 Å². The summed E-state index contributed by atoms with van der Waals surface area (Å²) < 4.78 is 41.5. The summed E-state index contributed by atoms with van der Waals surface area (Å²) in [5.41, 5.74) is -0.912. The molecule has 0 atom stereocenters. The molecule has 0 saturated heterocycles. The molecule has 1 fully saturated rings. The lowest BCUT2D eigenvalue weighted by atomic mass is 10.1. The molecule has 1 aliphatic rings. The van der Waals surface area contributed by atoms with Gasteiger partial charge in [0.1, 0.15) is 0 Å². The molecule has 25 heavy (non-hydrogen) atoms. The Labute approximate surface area is 141 Å². The molecule has 0 radical (unpaired) electrons. The number of carbonyl (C=O) groups excluding carboxylic acids is 1.